The van der Waals surface area contributed by atoms with E-state index in [9.17, 15) is 19.2 Å². The number of carbonyl (C=O) groups excluding carboxylic acids is 4. The molecule has 10 heteroatoms. The molecule has 0 bridgehead atoms. The topological polar surface area (TPSA) is 102 Å². The summed E-state index contributed by atoms with van der Waals surface area (Å²) in [7, 11) is 5.10. The quantitative estimate of drug-likeness (QED) is 0.194. The first-order valence-electron chi connectivity index (χ1n) is 11.4. The van der Waals surface area contributed by atoms with E-state index < -0.39 is 5.54 Å². The Morgan fingerprint density at radius 1 is 1.18 bits per heavy atom. The summed E-state index contributed by atoms with van der Waals surface area (Å²) in [5.41, 5.74) is -0.822. The van der Waals surface area contributed by atoms with Crippen molar-refractivity contribution < 1.29 is 28.7 Å². The highest BCUT2D eigenvalue weighted by molar-refractivity contribution is 8.77. The molecule has 1 aliphatic carbocycles. The van der Waals surface area contributed by atoms with Crippen LogP contribution in [0.5, 0.6) is 0 Å². The molecular weight excluding hydrogens is 464 g/mol. The van der Waals surface area contributed by atoms with Crippen molar-refractivity contribution in [2.75, 3.05) is 32.6 Å². The molecular formula is C23H40N2O6S2. The van der Waals surface area contributed by atoms with Gasteiger partial charge in [0.15, 0.2) is 0 Å². The lowest BCUT2D eigenvalue weighted by molar-refractivity contribution is -0.142. The molecule has 0 atom stereocenters. The number of hydrogen-bond acceptors (Lipinski definition) is 8. The van der Waals surface area contributed by atoms with Crippen LogP contribution in [0, 0.1) is 0 Å². The number of amides is 2. The highest BCUT2D eigenvalue weighted by Crippen LogP contribution is 2.50. The van der Waals surface area contributed by atoms with Gasteiger partial charge in [0.05, 0.1) is 16.9 Å². The van der Waals surface area contributed by atoms with Crippen LogP contribution in [-0.4, -0.2) is 77.4 Å². The number of aldehydes is 1. The highest BCUT2D eigenvalue weighted by Gasteiger charge is 2.40. The van der Waals surface area contributed by atoms with Gasteiger partial charge in [-0.05, 0) is 47.0 Å². The minimum Gasteiger partial charge on any atom is -0.464 e. The summed E-state index contributed by atoms with van der Waals surface area (Å²) < 4.78 is 11.4. The molecule has 8 nitrogen and oxygen atoms in total. The Kier molecular flexibility index (Phi) is 12.3. The third kappa shape index (κ3) is 12.1. The molecule has 1 aliphatic rings. The van der Waals surface area contributed by atoms with Crippen molar-refractivity contribution in [3.63, 3.8) is 0 Å². The van der Waals surface area contributed by atoms with Gasteiger partial charge >= 0.3 is 5.97 Å². The number of ether oxygens (including phenoxy) is 2. The van der Waals surface area contributed by atoms with Crippen LogP contribution in [0.2, 0.25) is 0 Å². The molecule has 0 spiro atoms. The molecule has 1 fully saturated rings. The van der Waals surface area contributed by atoms with E-state index in [1.165, 1.54) is 11.8 Å². The van der Waals surface area contributed by atoms with Crippen molar-refractivity contribution in [3.8, 4) is 0 Å². The van der Waals surface area contributed by atoms with Crippen LogP contribution in [0.4, 0.5) is 0 Å². The molecule has 0 saturated heterocycles. The highest BCUT2D eigenvalue weighted by atomic mass is 33.1. The van der Waals surface area contributed by atoms with Crippen LogP contribution in [0.1, 0.15) is 73.1 Å². The molecule has 0 radical (unpaired) electrons. The molecule has 33 heavy (non-hydrogen) atoms. The first-order chi connectivity index (χ1) is 15.3. The van der Waals surface area contributed by atoms with Gasteiger partial charge in [0, 0.05) is 44.7 Å². The normalized spacial score (nSPS) is 15.3. The van der Waals surface area contributed by atoms with E-state index in [1.54, 1.807) is 28.6 Å². The van der Waals surface area contributed by atoms with E-state index >= 15 is 0 Å². The van der Waals surface area contributed by atoms with Crippen molar-refractivity contribution >= 4 is 45.7 Å². The van der Waals surface area contributed by atoms with Crippen LogP contribution in [0.3, 0.4) is 0 Å². The molecule has 0 aromatic heterocycles. The van der Waals surface area contributed by atoms with Crippen LogP contribution in [0.25, 0.3) is 0 Å². The zero-order chi connectivity index (χ0) is 25.1. The monoisotopic (exact) mass is 504 g/mol. The summed E-state index contributed by atoms with van der Waals surface area (Å²) in [6, 6.07) is 0. The van der Waals surface area contributed by atoms with E-state index in [1.807, 2.05) is 27.7 Å². The average molecular weight is 505 g/mol. The molecule has 2 amide bonds. The Bertz CT molecular complexity index is 680. The number of esters is 1. The third-order valence-corrected chi connectivity index (χ3v) is 9.00. The zero-order valence-electron chi connectivity index (χ0n) is 20.9. The smallest absolute Gasteiger partial charge is 0.302 e. The second-order valence-corrected chi connectivity index (χ2v) is 12.7. The van der Waals surface area contributed by atoms with Crippen molar-refractivity contribution in [3.05, 3.63) is 0 Å². The number of hydrogen-bond donors (Lipinski definition) is 1. The molecule has 0 heterocycles. The Labute approximate surface area is 206 Å². The molecule has 1 rings (SSSR count). The number of carbonyl (C=O) groups is 4. The molecule has 1 N–H and O–H groups in total. The summed E-state index contributed by atoms with van der Waals surface area (Å²) in [4.78, 5) is 47.1. The lowest BCUT2D eigenvalue weighted by Crippen LogP contribution is -2.49. The van der Waals surface area contributed by atoms with Crippen molar-refractivity contribution in [1.29, 1.82) is 0 Å². The predicted octanol–water partition coefficient (Wildman–Crippen LogP) is 3.37. The Morgan fingerprint density at radius 2 is 1.85 bits per heavy atom. The molecule has 190 valence electrons. The number of nitrogens with zero attached hydrogens (tertiary/aromatic N) is 1. The van der Waals surface area contributed by atoms with E-state index in [4.69, 9.17) is 9.47 Å². The minimum absolute atomic E-state index is 0.0282. The first kappa shape index (κ1) is 29.8. The van der Waals surface area contributed by atoms with E-state index in [0.29, 0.717) is 25.9 Å². The van der Waals surface area contributed by atoms with Gasteiger partial charge < -0.3 is 24.5 Å². The fourth-order valence-corrected chi connectivity index (χ4v) is 6.79. The largest absolute Gasteiger partial charge is 0.464 e. The number of rotatable bonds is 16. The van der Waals surface area contributed by atoms with Gasteiger partial charge in [0.1, 0.15) is 12.9 Å². The van der Waals surface area contributed by atoms with Crippen LogP contribution in [0.15, 0.2) is 0 Å². The molecule has 0 aromatic rings. The van der Waals surface area contributed by atoms with Gasteiger partial charge in [-0.1, -0.05) is 28.0 Å². The van der Waals surface area contributed by atoms with Gasteiger partial charge in [-0.25, -0.2) is 0 Å². The van der Waals surface area contributed by atoms with E-state index in [0.717, 1.165) is 25.0 Å². The minimum atomic E-state index is -0.484. The first-order valence-corrected chi connectivity index (χ1v) is 13.7. The van der Waals surface area contributed by atoms with E-state index in [-0.39, 0.29) is 47.5 Å². The zero-order valence-corrected chi connectivity index (χ0v) is 22.5. The van der Waals surface area contributed by atoms with Gasteiger partial charge in [0.2, 0.25) is 11.8 Å². The van der Waals surface area contributed by atoms with Crippen LogP contribution < -0.4 is 5.32 Å². The number of nitrogens with one attached hydrogen (secondary N) is 1. The lowest BCUT2D eigenvalue weighted by Gasteiger charge is -2.40. The molecule has 0 aromatic carbocycles. The standard InChI is InChI=1S/C23H40N2O6S2/c1-18(27)30-16-23(10-8-11-23)33-32-17-22(4,5)31-14-12-21(2,3)24-19(28)15-25(6)20(29)9-7-13-26/h13H,7-12,14-17H2,1-6H3,(H,24,28). The molecule has 0 aliphatic heterocycles. The average Bonchev–Trinajstić information content (AvgIpc) is 2.66. The maximum Gasteiger partial charge on any atom is 0.302 e. The lowest BCUT2D eigenvalue weighted by atomic mass is 9.85. The fourth-order valence-electron chi connectivity index (χ4n) is 3.13. The predicted molar refractivity (Wildman–Crippen MR) is 133 cm³/mol. The Balaban J connectivity index is 2.34. The maximum absolute atomic E-state index is 12.3. The summed E-state index contributed by atoms with van der Waals surface area (Å²) >= 11 is 0. The van der Waals surface area contributed by atoms with Gasteiger partial charge in [-0.15, -0.1) is 0 Å². The fraction of sp³-hybridized carbons (Fsp3) is 0.826. The third-order valence-electron chi connectivity index (χ3n) is 5.43. The van der Waals surface area contributed by atoms with Gasteiger partial charge in [-0.3, -0.25) is 14.4 Å². The van der Waals surface area contributed by atoms with Crippen molar-refractivity contribution in [2.24, 2.45) is 0 Å². The van der Waals surface area contributed by atoms with Crippen molar-refractivity contribution in [1.82, 2.24) is 10.2 Å². The summed E-state index contributed by atoms with van der Waals surface area (Å²) in [5, 5.41) is 2.95. The second kappa shape index (κ2) is 13.6. The van der Waals surface area contributed by atoms with Crippen molar-refractivity contribution in [2.45, 2.75) is 89.0 Å². The van der Waals surface area contributed by atoms with Crippen LogP contribution in [-0.2, 0) is 28.7 Å². The molecule has 0 unspecified atom stereocenters. The Hall–Kier alpha value is -1.26. The summed E-state index contributed by atoms with van der Waals surface area (Å²) in [5.74, 6) is 0.0835. The van der Waals surface area contributed by atoms with E-state index in [2.05, 4.69) is 5.32 Å². The SMILES string of the molecule is CC(=O)OCC1(SSCC(C)(C)OCCC(C)(C)NC(=O)CN(C)C(=O)CCC=O)CCC1. The summed E-state index contributed by atoms with van der Waals surface area (Å²) in [6.07, 6.45) is 4.88. The second-order valence-electron chi connectivity index (χ2n) is 9.91. The Morgan fingerprint density at radius 3 is 2.39 bits per heavy atom. The summed E-state index contributed by atoms with van der Waals surface area (Å²) in [6.45, 7) is 10.3. The number of likely N-dealkylation sites (N-methyl/N-ethyl adjacent to an activating group) is 1. The van der Waals surface area contributed by atoms with Crippen LogP contribution >= 0.6 is 21.6 Å². The molecule has 1 saturated carbocycles. The van der Waals surface area contributed by atoms with Gasteiger partial charge in [-0.2, -0.15) is 0 Å². The van der Waals surface area contributed by atoms with Gasteiger partial charge in [0.25, 0.3) is 0 Å². The maximum atomic E-state index is 12.3.